The van der Waals surface area contributed by atoms with E-state index in [0.717, 1.165) is 29.2 Å². The van der Waals surface area contributed by atoms with Gasteiger partial charge in [-0.25, -0.2) is 0 Å². The van der Waals surface area contributed by atoms with Crippen LogP contribution in [0, 0.1) is 6.92 Å². The van der Waals surface area contributed by atoms with Crippen LogP contribution in [0.1, 0.15) is 44.2 Å². The number of rotatable bonds is 7. The summed E-state index contributed by atoms with van der Waals surface area (Å²) in [4.78, 5) is 9.01. The van der Waals surface area contributed by atoms with Crippen molar-refractivity contribution in [2.24, 2.45) is 0 Å². The van der Waals surface area contributed by atoms with Crippen LogP contribution in [-0.4, -0.2) is 29.8 Å². The van der Waals surface area contributed by atoms with Crippen LogP contribution in [0.3, 0.4) is 0 Å². The largest absolute Gasteiger partial charge is 0.508 e. The summed E-state index contributed by atoms with van der Waals surface area (Å²) in [6, 6.07) is 11.3. The average molecular weight is 392 g/mol. The van der Waals surface area contributed by atoms with Crippen LogP contribution in [0.15, 0.2) is 41.3 Å². The van der Waals surface area contributed by atoms with E-state index in [2.05, 4.69) is 25.2 Å². The number of benzene rings is 2. The van der Waals surface area contributed by atoms with Gasteiger partial charge in [0.15, 0.2) is 5.75 Å². The number of carbonyl (C=O) groups is 1. The van der Waals surface area contributed by atoms with E-state index in [1.165, 1.54) is 24.0 Å². The minimum Gasteiger partial charge on any atom is -0.508 e. The molecular weight excluding hydrogens is 358 g/mol. The highest BCUT2D eigenvalue weighted by atomic mass is 32.2. The minimum atomic E-state index is 0.329. The lowest BCUT2D eigenvalue weighted by Crippen LogP contribution is -1.94. The summed E-state index contributed by atoms with van der Waals surface area (Å²) < 4.78 is 0. The molecule has 0 aliphatic carbocycles. The molecular formula is C22H33NO3S. The normalized spacial score (nSPS) is 9.48. The van der Waals surface area contributed by atoms with Gasteiger partial charge in [0.1, 0.15) is 12.5 Å². The maximum absolute atomic E-state index is 10.1. The maximum Gasteiger partial charge on any atom is 0.152 e. The molecule has 0 bridgehead atoms. The Morgan fingerprint density at radius 1 is 1.04 bits per heavy atom. The topological polar surface area (TPSA) is 69.6 Å². The molecule has 0 heterocycles. The van der Waals surface area contributed by atoms with Gasteiger partial charge in [0.25, 0.3) is 0 Å². The summed E-state index contributed by atoms with van der Waals surface area (Å²) in [5, 5.41) is 21.9. The fourth-order valence-electron chi connectivity index (χ4n) is 2.27. The summed E-state index contributed by atoms with van der Waals surface area (Å²) in [6.07, 6.45) is 4.58. The van der Waals surface area contributed by atoms with Crippen LogP contribution in [0.5, 0.6) is 11.5 Å². The number of phenolic OH excluding ortho intramolecular Hbond substituents is 2. The fraction of sp³-hybridized carbons (Fsp3) is 0.409. The van der Waals surface area contributed by atoms with Gasteiger partial charge in [-0.1, -0.05) is 44.4 Å². The van der Waals surface area contributed by atoms with E-state index in [-0.39, 0.29) is 0 Å². The standard InChI is InChI=1S/C14H23NOS.C7H8O.CH2O/c1-4-6-8-17-13-10-11(7-5-2)9-12(15-3)14(13)16;1-6-2-4-7(8)5-3-6;1-2/h9-10,15-16H,4-8H2,1-3H3;2-5,8H,1H3;1H2. The molecule has 3 N–H and O–H groups in total. The van der Waals surface area contributed by atoms with E-state index in [4.69, 9.17) is 9.90 Å². The number of anilines is 1. The number of nitrogens with one attached hydrogen (secondary N) is 1. The molecule has 0 fully saturated rings. The highest BCUT2D eigenvalue weighted by Crippen LogP contribution is 2.36. The van der Waals surface area contributed by atoms with Gasteiger partial charge in [-0.05, 0) is 55.3 Å². The molecule has 0 aromatic heterocycles. The van der Waals surface area contributed by atoms with E-state index in [1.54, 1.807) is 23.9 Å². The summed E-state index contributed by atoms with van der Waals surface area (Å²) in [5.74, 6) is 1.80. The zero-order valence-corrected chi connectivity index (χ0v) is 17.7. The molecule has 150 valence electrons. The first-order chi connectivity index (χ1) is 13.0. The third-order valence-electron chi connectivity index (χ3n) is 3.73. The van der Waals surface area contributed by atoms with Crippen molar-refractivity contribution in [1.29, 1.82) is 0 Å². The molecule has 0 saturated heterocycles. The van der Waals surface area contributed by atoms with Crippen LogP contribution >= 0.6 is 11.8 Å². The van der Waals surface area contributed by atoms with Gasteiger partial charge in [0.2, 0.25) is 0 Å². The van der Waals surface area contributed by atoms with Crippen LogP contribution in [-0.2, 0) is 11.2 Å². The molecule has 0 atom stereocenters. The van der Waals surface area contributed by atoms with Crippen LogP contribution < -0.4 is 5.32 Å². The number of aryl methyl sites for hydroxylation is 2. The number of aromatic hydroxyl groups is 2. The molecule has 0 radical (unpaired) electrons. The molecule has 0 saturated carbocycles. The van der Waals surface area contributed by atoms with Crippen molar-refractivity contribution in [2.75, 3.05) is 18.1 Å². The number of unbranched alkanes of at least 4 members (excludes halogenated alkanes) is 1. The Balaban J connectivity index is 0.000000562. The monoisotopic (exact) mass is 391 g/mol. The molecule has 2 aromatic rings. The molecule has 0 spiro atoms. The molecule has 5 heteroatoms. The first-order valence-electron chi connectivity index (χ1n) is 9.22. The van der Waals surface area contributed by atoms with E-state index >= 15 is 0 Å². The van der Waals surface area contributed by atoms with Crippen molar-refractivity contribution in [3.8, 4) is 11.5 Å². The third kappa shape index (κ3) is 9.94. The predicted octanol–water partition coefficient (Wildman–Crippen LogP) is 5.79. The Morgan fingerprint density at radius 3 is 2.15 bits per heavy atom. The molecule has 2 rings (SSSR count). The highest BCUT2D eigenvalue weighted by molar-refractivity contribution is 7.99. The lowest BCUT2D eigenvalue weighted by atomic mass is 10.1. The zero-order chi connectivity index (χ0) is 20.7. The smallest absolute Gasteiger partial charge is 0.152 e. The van der Waals surface area contributed by atoms with Crippen molar-refractivity contribution in [3.05, 3.63) is 47.5 Å². The van der Waals surface area contributed by atoms with Gasteiger partial charge in [0, 0.05) is 7.05 Å². The van der Waals surface area contributed by atoms with Gasteiger partial charge in [-0.2, -0.15) is 0 Å². The highest BCUT2D eigenvalue weighted by Gasteiger charge is 2.09. The van der Waals surface area contributed by atoms with Gasteiger partial charge in [0.05, 0.1) is 10.6 Å². The Bertz CT molecular complexity index is 624. The summed E-state index contributed by atoms with van der Waals surface area (Å²) >= 11 is 1.75. The van der Waals surface area contributed by atoms with Crippen molar-refractivity contribution < 1.29 is 15.0 Å². The Hall–Kier alpha value is -2.14. The fourth-order valence-corrected chi connectivity index (χ4v) is 3.40. The molecule has 0 unspecified atom stereocenters. The SMILES string of the molecule is C=O.CCCCSc1cc(CCC)cc(NC)c1O.Cc1ccc(O)cc1. The van der Waals surface area contributed by atoms with Crippen LogP contribution in [0.4, 0.5) is 5.69 Å². The summed E-state index contributed by atoms with van der Waals surface area (Å²) in [7, 11) is 1.85. The average Bonchev–Trinajstić information content (AvgIpc) is 2.69. The summed E-state index contributed by atoms with van der Waals surface area (Å²) in [5.41, 5.74) is 3.31. The molecule has 0 aliphatic rings. The zero-order valence-electron chi connectivity index (χ0n) is 16.9. The quantitative estimate of drug-likeness (QED) is 0.316. The first-order valence-corrected chi connectivity index (χ1v) is 10.2. The molecule has 4 nitrogen and oxygen atoms in total. The predicted molar refractivity (Wildman–Crippen MR) is 117 cm³/mol. The number of thioether (sulfide) groups is 1. The molecule has 2 aromatic carbocycles. The second-order valence-electron chi connectivity index (χ2n) is 6.03. The third-order valence-corrected chi connectivity index (χ3v) is 4.85. The van der Waals surface area contributed by atoms with E-state index in [9.17, 15) is 5.11 Å². The van der Waals surface area contributed by atoms with Crippen molar-refractivity contribution in [1.82, 2.24) is 0 Å². The Morgan fingerprint density at radius 2 is 1.67 bits per heavy atom. The van der Waals surface area contributed by atoms with Crippen molar-refractivity contribution in [3.63, 3.8) is 0 Å². The van der Waals surface area contributed by atoms with Crippen molar-refractivity contribution >= 4 is 24.2 Å². The molecule has 0 amide bonds. The second-order valence-corrected chi connectivity index (χ2v) is 7.16. The second kappa shape index (κ2) is 15.0. The van der Waals surface area contributed by atoms with E-state index in [1.807, 2.05) is 39.0 Å². The van der Waals surface area contributed by atoms with E-state index < -0.39 is 0 Å². The lowest BCUT2D eigenvalue weighted by Gasteiger charge is -2.12. The Kier molecular flexibility index (Phi) is 13.8. The summed E-state index contributed by atoms with van der Waals surface area (Å²) in [6.45, 7) is 8.35. The van der Waals surface area contributed by atoms with Crippen LogP contribution in [0.2, 0.25) is 0 Å². The van der Waals surface area contributed by atoms with Gasteiger partial charge in [-0.3, -0.25) is 0 Å². The van der Waals surface area contributed by atoms with Crippen molar-refractivity contribution in [2.45, 2.75) is 51.3 Å². The number of phenols is 2. The first kappa shape index (κ1) is 24.9. The number of carbonyl (C=O) groups excluding carboxylic acids is 1. The van der Waals surface area contributed by atoms with Gasteiger partial charge < -0.3 is 20.3 Å². The molecule has 27 heavy (non-hydrogen) atoms. The van der Waals surface area contributed by atoms with Gasteiger partial charge >= 0.3 is 0 Å². The molecule has 0 aliphatic heterocycles. The number of hydrogen-bond donors (Lipinski definition) is 3. The Labute approximate surface area is 168 Å². The van der Waals surface area contributed by atoms with Gasteiger partial charge in [-0.15, -0.1) is 11.8 Å². The lowest BCUT2D eigenvalue weighted by molar-refractivity contribution is -0.0979. The van der Waals surface area contributed by atoms with E-state index in [0.29, 0.717) is 11.5 Å². The minimum absolute atomic E-state index is 0.329. The number of hydrogen-bond acceptors (Lipinski definition) is 5. The maximum atomic E-state index is 10.1. The van der Waals surface area contributed by atoms with Crippen LogP contribution in [0.25, 0.3) is 0 Å².